The zero-order valence-electron chi connectivity index (χ0n) is 14.3. The molecule has 3 rings (SSSR count). The molecule has 0 spiro atoms. The number of benzene rings is 1. The third-order valence-corrected chi connectivity index (χ3v) is 4.42. The highest BCUT2D eigenvalue weighted by Gasteiger charge is 2.17. The number of hydrogen-bond donors (Lipinski definition) is 2. The van der Waals surface area contributed by atoms with Crippen LogP contribution in [0.3, 0.4) is 0 Å². The molecule has 1 aliphatic rings. The zero-order chi connectivity index (χ0) is 17.6. The maximum Gasteiger partial charge on any atom is 0.231 e. The molecule has 8 nitrogen and oxygen atoms in total. The summed E-state index contributed by atoms with van der Waals surface area (Å²) in [5, 5.41) is 14.6. The molecule has 0 aliphatic carbocycles. The van der Waals surface area contributed by atoms with Gasteiger partial charge in [0, 0.05) is 33.1 Å². The van der Waals surface area contributed by atoms with E-state index in [4.69, 9.17) is 9.47 Å². The normalized spacial score (nSPS) is 13.2. The summed E-state index contributed by atoms with van der Waals surface area (Å²) < 4.78 is 13.8. The molecule has 0 amide bonds. The van der Waals surface area contributed by atoms with E-state index in [0.29, 0.717) is 6.54 Å². The number of halogens is 1. The molecule has 0 fully saturated rings. The minimum atomic E-state index is 0.261. The van der Waals surface area contributed by atoms with Gasteiger partial charge in [-0.15, -0.1) is 10.2 Å². The van der Waals surface area contributed by atoms with Crippen LogP contribution in [0.25, 0.3) is 0 Å². The van der Waals surface area contributed by atoms with Gasteiger partial charge < -0.3 is 24.7 Å². The largest absolute Gasteiger partial charge is 0.454 e. The monoisotopic (exact) mass is 408 g/mol. The van der Waals surface area contributed by atoms with E-state index in [1.165, 1.54) is 0 Å². The van der Waals surface area contributed by atoms with Crippen LogP contribution in [0.5, 0.6) is 11.5 Å². The van der Waals surface area contributed by atoms with E-state index in [1.54, 1.807) is 13.4 Å². The highest BCUT2D eigenvalue weighted by Crippen LogP contribution is 2.39. The van der Waals surface area contributed by atoms with Gasteiger partial charge in [-0.05, 0) is 33.6 Å². The minimum Gasteiger partial charge on any atom is -0.454 e. The van der Waals surface area contributed by atoms with Crippen molar-refractivity contribution in [3.63, 3.8) is 0 Å². The van der Waals surface area contributed by atoms with E-state index in [2.05, 4.69) is 48.7 Å². The predicted octanol–water partition coefficient (Wildman–Crippen LogP) is 1.70. The number of guanidine groups is 1. The van der Waals surface area contributed by atoms with Crippen LogP contribution < -0.4 is 20.1 Å². The van der Waals surface area contributed by atoms with Gasteiger partial charge in [-0.25, -0.2) is 0 Å². The Bertz CT molecular complexity index is 761. The van der Waals surface area contributed by atoms with Crippen molar-refractivity contribution in [2.75, 3.05) is 20.4 Å². The molecule has 1 aliphatic heterocycles. The zero-order valence-corrected chi connectivity index (χ0v) is 15.8. The third kappa shape index (κ3) is 4.22. The lowest BCUT2D eigenvalue weighted by Crippen LogP contribution is -2.38. The average molecular weight is 409 g/mol. The Balaban J connectivity index is 1.50. The van der Waals surface area contributed by atoms with Gasteiger partial charge in [0.25, 0.3) is 0 Å². The maximum atomic E-state index is 5.44. The van der Waals surface area contributed by atoms with Crippen LogP contribution >= 0.6 is 15.9 Å². The molecule has 0 atom stereocenters. The maximum absolute atomic E-state index is 5.44. The van der Waals surface area contributed by atoms with Gasteiger partial charge in [-0.1, -0.05) is 6.92 Å². The van der Waals surface area contributed by atoms with Gasteiger partial charge in [0.15, 0.2) is 17.5 Å². The fraction of sp³-hybridized carbons (Fsp3) is 0.438. The van der Waals surface area contributed by atoms with Crippen molar-refractivity contribution in [2.45, 2.75) is 26.4 Å². The molecule has 1 aromatic carbocycles. The fourth-order valence-electron chi connectivity index (χ4n) is 2.56. The molecule has 1 aromatic heterocycles. The number of fused-ring (bicyclic) bond motifs is 1. The first-order chi connectivity index (χ1) is 12.2. The van der Waals surface area contributed by atoms with Gasteiger partial charge in [-0.3, -0.25) is 4.99 Å². The van der Waals surface area contributed by atoms with E-state index in [1.807, 2.05) is 16.7 Å². The van der Waals surface area contributed by atoms with E-state index in [-0.39, 0.29) is 6.79 Å². The molecule has 0 unspecified atom stereocenters. The van der Waals surface area contributed by atoms with E-state index in [0.717, 1.165) is 52.8 Å². The minimum absolute atomic E-state index is 0.261. The van der Waals surface area contributed by atoms with Gasteiger partial charge >= 0.3 is 0 Å². The Hall–Kier alpha value is -2.29. The summed E-state index contributed by atoms with van der Waals surface area (Å²) in [5.41, 5.74) is 1.08. The Morgan fingerprint density at radius 1 is 1.36 bits per heavy atom. The van der Waals surface area contributed by atoms with Crippen LogP contribution in [0.2, 0.25) is 0 Å². The molecule has 0 radical (unpaired) electrons. The number of aromatic nitrogens is 3. The van der Waals surface area contributed by atoms with Crippen molar-refractivity contribution in [2.24, 2.45) is 4.99 Å². The second-order valence-corrected chi connectivity index (χ2v) is 6.31. The molecule has 9 heteroatoms. The lowest BCUT2D eigenvalue weighted by molar-refractivity contribution is 0.173. The Kier molecular flexibility index (Phi) is 5.75. The van der Waals surface area contributed by atoms with Gasteiger partial charge in [0.1, 0.15) is 12.2 Å². The second kappa shape index (κ2) is 8.19. The van der Waals surface area contributed by atoms with Gasteiger partial charge in [-0.2, -0.15) is 0 Å². The summed E-state index contributed by atoms with van der Waals surface area (Å²) in [4.78, 5) is 4.25. The van der Waals surface area contributed by atoms with Crippen LogP contribution in [0.4, 0.5) is 0 Å². The summed E-state index contributed by atoms with van der Waals surface area (Å²) in [5.74, 6) is 3.23. The highest BCUT2D eigenvalue weighted by atomic mass is 79.9. The molecule has 25 heavy (non-hydrogen) atoms. The Labute approximate surface area is 154 Å². The number of aliphatic imine (C=N–C) groups is 1. The summed E-state index contributed by atoms with van der Waals surface area (Å²) in [7, 11) is 1.75. The molecule has 0 bridgehead atoms. The lowest BCUT2D eigenvalue weighted by Gasteiger charge is -2.13. The number of aryl methyl sites for hydroxylation is 1. The first kappa shape index (κ1) is 17.5. The Morgan fingerprint density at radius 3 is 3.04 bits per heavy atom. The van der Waals surface area contributed by atoms with E-state index >= 15 is 0 Å². The number of ether oxygens (including phenoxy) is 2. The number of nitrogens with zero attached hydrogens (tertiary/aromatic N) is 4. The molecular weight excluding hydrogens is 388 g/mol. The molecule has 134 valence electrons. The first-order valence-electron chi connectivity index (χ1n) is 8.10. The molecule has 0 saturated heterocycles. The molecule has 2 heterocycles. The van der Waals surface area contributed by atoms with Gasteiger partial charge in [0.05, 0.1) is 4.47 Å². The summed E-state index contributed by atoms with van der Waals surface area (Å²) >= 11 is 3.51. The number of hydrogen-bond acceptors (Lipinski definition) is 5. The van der Waals surface area contributed by atoms with E-state index < -0.39 is 0 Å². The van der Waals surface area contributed by atoms with Crippen molar-refractivity contribution in [3.05, 3.63) is 34.3 Å². The standard InChI is InChI=1S/C16H21BrN6O2/c1-3-14-22-21-9-23(14)5-4-19-16(18-2)20-8-11-6-12(17)15-13(7-11)24-10-25-15/h6-7,9H,3-5,8,10H2,1-2H3,(H2,18,19,20). The second-order valence-electron chi connectivity index (χ2n) is 5.46. The van der Waals surface area contributed by atoms with Crippen LogP contribution in [0.15, 0.2) is 27.9 Å². The van der Waals surface area contributed by atoms with Crippen molar-refractivity contribution in [3.8, 4) is 11.5 Å². The molecule has 2 N–H and O–H groups in total. The summed E-state index contributed by atoms with van der Waals surface area (Å²) in [6, 6.07) is 3.98. The van der Waals surface area contributed by atoms with Crippen molar-refractivity contribution in [1.82, 2.24) is 25.4 Å². The van der Waals surface area contributed by atoms with Crippen LogP contribution in [0, 0.1) is 0 Å². The van der Waals surface area contributed by atoms with Gasteiger partial charge in [0.2, 0.25) is 6.79 Å². The SMILES string of the molecule is CCc1nncn1CCNC(=NC)NCc1cc(Br)c2c(c1)OCO2. The number of nitrogens with one attached hydrogen (secondary N) is 2. The van der Waals surface area contributed by atoms with Crippen LogP contribution in [-0.2, 0) is 19.5 Å². The predicted molar refractivity (Wildman–Crippen MR) is 97.9 cm³/mol. The number of rotatable bonds is 6. The third-order valence-electron chi connectivity index (χ3n) is 3.83. The van der Waals surface area contributed by atoms with Crippen molar-refractivity contribution >= 4 is 21.9 Å². The topological polar surface area (TPSA) is 85.6 Å². The lowest BCUT2D eigenvalue weighted by atomic mass is 10.2. The quantitative estimate of drug-likeness (QED) is 0.558. The van der Waals surface area contributed by atoms with E-state index in [9.17, 15) is 0 Å². The Morgan fingerprint density at radius 2 is 2.24 bits per heavy atom. The molecule has 2 aromatic rings. The van der Waals surface area contributed by atoms with Crippen LogP contribution in [-0.4, -0.2) is 41.1 Å². The van der Waals surface area contributed by atoms with Crippen molar-refractivity contribution < 1.29 is 9.47 Å². The summed E-state index contributed by atoms with van der Waals surface area (Å²) in [6.07, 6.45) is 2.62. The fourth-order valence-corrected chi connectivity index (χ4v) is 3.17. The van der Waals surface area contributed by atoms with Crippen molar-refractivity contribution in [1.29, 1.82) is 0 Å². The molecule has 0 saturated carbocycles. The smallest absolute Gasteiger partial charge is 0.231 e. The highest BCUT2D eigenvalue weighted by molar-refractivity contribution is 9.10. The van der Waals surface area contributed by atoms with Crippen LogP contribution in [0.1, 0.15) is 18.3 Å². The molecular formula is C16H21BrN6O2. The average Bonchev–Trinajstić information content (AvgIpc) is 3.26. The first-order valence-corrected chi connectivity index (χ1v) is 8.89. The summed E-state index contributed by atoms with van der Waals surface area (Å²) in [6.45, 7) is 4.47.